The maximum atomic E-state index is 10.4. The Kier molecular flexibility index (Phi) is 4.63. The number of aromatic nitrogens is 3. The number of nitrogens with zero attached hydrogens (tertiary/aromatic N) is 4. The molecule has 0 unspecified atom stereocenters. The van der Waals surface area contributed by atoms with E-state index < -0.39 is 6.10 Å². The minimum Gasteiger partial charge on any atom is -0.467 e. The molecule has 1 aromatic carbocycles. The van der Waals surface area contributed by atoms with Crippen molar-refractivity contribution in [3.63, 3.8) is 0 Å². The zero-order valence-corrected chi connectivity index (χ0v) is 14.0. The fraction of sp³-hybridized carbons (Fsp3) is 0.368. The van der Waals surface area contributed by atoms with Crippen molar-refractivity contribution < 1.29 is 9.52 Å². The van der Waals surface area contributed by atoms with Crippen LogP contribution in [-0.4, -0.2) is 37.4 Å². The summed E-state index contributed by atoms with van der Waals surface area (Å²) >= 11 is 0. The van der Waals surface area contributed by atoms with E-state index in [0.717, 1.165) is 37.4 Å². The van der Waals surface area contributed by atoms with E-state index in [1.54, 1.807) is 12.6 Å². The van der Waals surface area contributed by atoms with E-state index in [9.17, 15) is 5.11 Å². The Morgan fingerprint density at radius 1 is 1.20 bits per heavy atom. The van der Waals surface area contributed by atoms with E-state index in [0.29, 0.717) is 18.2 Å². The highest BCUT2D eigenvalue weighted by Gasteiger charge is 2.29. The molecule has 0 bridgehead atoms. The summed E-state index contributed by atoms with van der Waals surface area (Å²) in [4.78, 5) is 6.83. The summed E-state index contributed by atoms with van der Waals surface area (Å²) in [6, 6.07) is 14.0. The van der Waals surface area contributed by atoms with E-state index in [-0.39, 0.29) is 0 Å². The molecule has 1 aliphatic rings. The van der Waals surface area contributed by atoms with Crippen LogP contribution in [0.1, 0.15) is 37.0 Å². The highest BCUT2D eigenvalue weighted by molar-refractivity contribution is 5.30. The first-order chi connectivity index (χ1) is 12.3. The molecular formula is C19H22N4O2. The molecule has 1 fully saturated rings. The van der Waals surface area contributed by atoms with Crippen molar-refractivity contribution in [3.05, 3.63) is 66.6 Å². The van der Waals surface area contributed by atoms with Crippen molar-refractivity contribution in [1.82, 2.24) is 19.7 Å². The van der Waals surface area contributed by atoms with Gasteiger partial charge in [0.15, 0.2) is 0 Å². The molecule has 130 valence electrons. The Morgan fingerprint density at radius 2 is 2.08 bits per heavy atom. The highest BCUT2D eigenvalue weighted by Crippen LogP contribution is 2.28. The van der Waals surface area contributed by atoms with E-state index in [2.05, 4.69) is 15.0 Å². The third kappa shape index (κ3) is 3.50. The number of para-hydroxylation sites is 1. The van der Waals surface area contributed by atoms with Crippen LogP contribution in [0.4, 0.5) is 0 Å². The summed E-state index contributed by atoms with van der Waals surface area (Å²) in [6.07, 6.45) is 5.53. The lowest BCUT2D eigenvalue weighted by atomic mass is 10.1. The number of furan rings is 1. The van der Waals surface area contributed by atoms with E-state index in [1.807, 2.05) is 47.1 Å². The largest absolute Gasteiger partial charge is 0.467 e. The van der Waals surface area contributed by atoms with Crippen LogP contribution in [0.25, 0.3) is 5.69 Å². The van der Waals surface area contributed by atoms with Gasteiger partial charge in [-0.25, -0.2) is 9.67 Å². The summed E-state index contributed by atoms with van der Waals surface area (Å²) in [5, 5.41) is 14.8. The third-order valence-corrected chi connectivity index (χ3v) is 4.83. The lowest BCUT2D eigenvalue weighted by molar-refractivity contribution is 0.0984. The predicted octanol–water partition coefficient (Wildman–Crippen LogP) is 2.95. The molecule has 0 amide bonds. The van der Waals surface area contributed by atoms with Crippen molar-refractivity contribution in [2.75, 3.05) is 6.54 Å². The van der Waals surface area contributed by atoms with Crippen molar-refractivity contribution >= 4 is 0 Å². The standard InChI is InChI=1S/C19H22N4O2/c24-17(18-9-5-11-25-18)12-16-8-4-10-22(16)13-19-20-14-21-23(19)15-6-2-1-3-7-15/h1-3,5-7,9,11,14,16-17,24H,4,8,10,12-13H2/t16-,17-/m0/s1. The molecule has 2 atom stereocenters. The number of hydrogen-bond donors (Lipinski definition) is 1. The minimum absolute atomic E-state index is 0.320. The van der Waals surface area contributed by atoms with Crippen LogP contribution in [0.2, 0.25) is 0 Å². The van der Waals surface area contributed by atoms with E-state index in [1.165, 1.54) is 0 Å². The van der Waals surface area contributed by atoms with Gasteiger partial charge >= 0.3 is 0 Å². The molecule has 3 heterocycles. The molecule has 25 heavy (non-hydrogen) atoms. The summed E-state index contributed by atoms with van der Waals surface area (Å²) in [7, 11) is 0. The lowest BCUT2D eigenvalue weighted by Crippen LogP contribution is -2.31. The average Bonchev–Trinajstić information content (AvgIpc) is 3.38. The van der Waals surface area contributed by atoms with Gasteiger partial charge in [-0.2, -0.15) is 5.10 Å². The predicted molar refractivity (Wildman–Crippen MR) is 93.1 cm³/mol. The van der Waals surface area contributed by atoms with E-state index in [4.69, 9.17) is 4.42 Å². The summed E-state index contributed by atoms with van der Waals surface area (Å²) < 4.78 is 7.22. The topological polar surface area (TPSA) is 67.3 Å². The highest BCUT2D eigenvalue weighted by atomic mass is 16.4. The number of hydrogen-bond acceptors (Lipinski definition) is 5. The molecule has 6 nitrogen and oxygen atoms in total. The molecule has 3 aromatic rings. The first-order valence-corrected chi connectivity index (χ1v) is 8.71. The van der Waals surface area contributed by atoms with Gasteiger partial charge in [0.2, 0.25) is 0 Å². The third-order valence-electron chi connectivity index (χ3n) is 4.83. The van der Waals surface area contributed by atoms with E-state index >= 15 is 0 Å². The molecule has 1 aliphatic heterocycles. The maximum absolute atomic E-state index is 10.4. The first kappa shape index (κ1) is 16.1. The maximum Gasteiger partial charge on any atom is 0.146 e. The second-order valence-corrected chi connectivity index (χ2v) is 6.46. The van der Waals surface area contributed by atoms with Crippen LogP contribution in [0.3, 0.4) is 0 Å². The SMILES string of the molecule is O[C@@H](C[C@@H]1CCCN1Cc1ncnn1-c1ccccc1)c1ccco1. The number of likely N-dealkylation sites (tertiary alicyclic amines) is 1. The van der Waals surface area contributed by atoms with Crippen LogP contribution in [-0.2, 0) is 6.54 Å². The number of benzene rings is 1. The summed E-state index contributed by atoms with van der Waals surface area (Å²) in [5.41, 5.74) is 1.02. The second-order valence-electron chi connectivity index (χ2n) is 6.46. The molecular weight excluding hydrogens is 316 g/mol. The van der Waals surface area contributed by atoms with Gasteiger partial charge < -0.3 is 9.52 Å². The number of rotatable bonds is 6. The molecule has 4 rings (SSSR count). The molecule has 0 spiro atoms. The zero-order chi connectivity index (χ0) is 17.1. The Hall–Kier alpha value is -2.44. The molecule has 2 aromatic heterocycles. The van der Waals surface area contributed by atoms with Crippen LogP contribution in [0, 0.1) is 0 Å². The number of aliphatic hydroxyl groups excluding tert-OH is 1. The van der Waals surface area contributed by atoms with Gasteiger partial charge in [-0.1, -0.05) is 18.2 Å². The van der Waals surface area contributed by atoms with Crippen LogP contribution in [0.5, 0.6) is 0 Å². The average molecular weight is 338 g/mol. The minimum atomic E-state index is -0.562. The Labute approximate surface area is 146 Å². The molecule has 0 saturated carbocycles. The van der Waals surface area contributed by atoms with Crippen LogP contribution < -0.4 is 0 Å². The molecule has 1 N–H and O–H groups in total. The second kappa shape index (κ2) is 7.21. The van der Waals surface area contributed by atoms with Gasteiger partial charge in [-0.05, 0) is 50.1 Å². The molecule has 0 aliphatic carbocycles. The molecule has 0 radical (unpaired) electrons. The zero-order valence-electron chi connectivity index (χ0n) is 14.0. The van der Waals surface area contributed by atoms with Gasteiger partial charge in [0, 0.05) is 6.04 Å². The van der Waals surface area contributed by atoms with Crippen LogP contribution in [0.15, 0.2) is 59.5 Å². The monoisotopic (exact) mass is 338 g/mol. The van der Waals surface area contributed by atoms with Gasteiger partial charge in [0.25, 0.3) is 0 Å². The fourth-order valence-corrected chi connectivity index (χ4v) is 3.56. The van der Waals surface area contributed by atoms with Gasteiger partial charge in [-0.15, -0.1) is 0 Å². The first-order valence-electron chi connectivity index (χ1n) is 8.71. The Bertz CT molecular complexity index is 785. The van der Waals surface area contributed by atoms with Crippen molar-refractivity contribution in [3.8, 4) is 5.69 Å². The summed E-state index contributed by atoms with van der Waals surface area (Å²) in [6.45, 7) is 1.74. The van der Waals surface area contributed by atoms with Gasteiger partial charge in [0.05, 0.1) is 18.5 Å². The van der Waals surface area contributed by atoms with Crippen molar-refractivity contribution in [2.24, 2.45) is 0 Å². The van der Waals surface area contributed by atoms with Crippen LogP contribution >= 0.6 is 0 Å². The number of aliphatic hydroxyl groups is 1. The fourth-order valence-electron chi connectivity index (χ4n) is 3.56. The van der Waals surface area contributed by atoms with Gasteiger partial charge in [0.1, 0.15) is 24.0 Å². The quantitative estimate of drug-likeness (QED) is 0.748. The molecule has 1 saturated heterocycles. The van der Waals surface area contributed by atoms with Gasteiger partial charge in [-0.3, -0.25) is 4.90 Å². The Morgan fingerprint density at radius 3 is 2.88 bits per heavy atom. The van der Waals surface area contributed by atoms with Crippen molar-refractivity contribution in [2.45, 2.75) is 38.0 Å². The Balaban J connectivity index is 1.46. The lowest BCUT2D eigenvalue weighted by Gasteiger charge is -2.25. The van der Waals surface area contributed by atoms with Crippen molar-refractivity contribution in [1.29, 1.82) is 0 Å². The smallest absolute Gasteiger partial charge is 0.146 e. The molecule has 6 heteroatoms. The normalized spacial score (nSPS) is 19.3. The summed E-state index contributed by atoms with van der Waals surface area (Å²) in [5.74, 6) is 1.56.